The van der Waals surface area contributed by atoms with E-state index in [1.165, 1.54) is 0 Å². The van der Waals surface area contributed by atoms with E-state index >= 15 is 0 Å². The average Bonchev–Trinajstić information content (AvgIpc) is 2.01. The van der Waals surface area contributed by atoms with E-state index in [1.54, 1.807) is 0 Å². The Balaban J connectivity index is 0. The zero-order valence-corrected chi connectivity index (χ0v) is 12.3. The van der Waals surface area contributed by atoms with Gasteiger partial charge in [0.25, 0.3) is 0 Å². The van der Waals surface area contributed by atoms with Crippen molar-refractivity contribution in [2.75, 3.05) is 0 Å². The van der Waals surface area contributed by atoms with Crippen LogP contribution in [0.2, 0.25) is 0 Å². The van der Waals surface area contributed by atoms with Crippen LogP contribution in [-0.2, 0) is 9.59 Å². The number of carboxylic acid groups (broad SMARTS) is 2. The molecule has 0 aliphatic heterocycles. The number of rotatable bonds is 8. The number of carbonyl (C=O) groups excluding carboxylic acids is 2. The fourth-order valence-corrected chi connectivity index (χ4v) is 1.07. The van der Waals surface area contributed by atoms with Gasteiger partial charge in [-0.3, -0.25) is 0 Å². The number of hydrogen-bond acceptors (Lipinski definition) is 4. The first-order valence-electron chi connectivity index (χ1n) is 4.52. The van der Waals surface area contributed by atoms with Crippen LogP contribution in [0.15, 0.2) is 0 Å². The van der Waals surface area contributed by atoms with Gasteiger partial charge in [0, 0.05) is 11.9 Å². The predicted molar refractivity (Wildman–Crippen MR) is 50.9 cm³/mol. The van der Waals surface area contributed by atoms with Crippen LogP contribution in [0, 0.1) is 0 Å². The molecule has 0 atom stereocenters. The van der Waals surface area contributed by atoms with E-state index in [2.05, 4.69) is 0 Å². The Bertz CT molecular complexity index is 152. The minimum absolute atomic E-state index is 0. The summed E-state index contributed by atoms with van der Waals surface area (Å²) in [6.45, 7) is 0. The third kappa shape index (κ3) is 14.3. The van der Waals surface area contributed by atoms with Gasteiger partial charge >= 0.3 is 23.9 Å². The van der Waals surface area contributed by atoms with Crippen LogP contribution < -0.4 is 10.2 Å². The van der Waals surface area contributed by atoms with Gasteiger partial charge in [-0.2, -0.15) is 0 Å². The molecule has 0 bridgehead atoms. The molecule has 0 amide bonds. The quantitative estimate of drug-likeness (QED) is 0.395. The summed E-state index contributed by atoms with van der Waals surface area (Å²) in [6, 6.07) is 0. The minimum atomic E-state index is -1.02. The van der Waals surface area contributed by atoms with Crippen molar-refractivity contribution in [3.05, 3.63) is 0 Å². The van der Waals surface area contributed by atoms with Crippen molar-refractivity contribution in [1.29, 1.82) is 0 Å². The Morgan fingerprint density at radius 2 is 1.00 bits per heavy atom. The second-order valence-electron chi connectivity index (χ2n) is 3.01. The van der Waals surface area contributed by atoms with Crippen molar-refractivity contribution in [1.82, 2.24) is 0 Å². The van der Waals surface area contributed by atoms with Crippen LogP contribution in [0.3, 0.4) is 0 Å². The van der Waals surface area contributed by atoms with Gasteiger partial charge in [-0.25, -0.2) is 0 Å². The zero-order valence-electron chi connectivity index (χ0n) is 8.29. The fraction of sp³-hybridized carbons (Fsp3) is 0.778. The first-order valence-corrected chi connectivity index (χ1v) is 4.52. The van der Waals surface area contributed by atoms with Crippen molar-refractivity contribution < 1.29 is 19.8 Å². The van der Waals surface area contributed by atoms with Crippen molar-refractivity contribution in [3.8, 4) is 0 Å². The van der Waals surface area contributed by atoms with Gasteiger partial charge in [0.15, 0.2) is 0 Å². The number of carboxylic acids is 2. The third-order valence-electron chi connectivity index (χ3n) is 1.76. The van der Waals surface area contributed by atoms with Gasteiger partial charge in [0.2, 0.25) is 0 Å². The summed E-state index contributed by atoms with van der Waals surface area (Å²) in [4.78, 5) is 20.0. The molecule has 0 aromatic carbocycles. The molecular formula is C9H16O4Sn. The Morgan fingerprint density at radius 1 is 0.714 bits per heavy atom. The maximum absolute atomic E-state index is 9.98. The second kappa shape index (κ2) is 10.8. The Hall–Kier alpha value is -0.261. The molecule has 0 fully saturated rings. The molecule has 0 aliphatic rings. The Labute approximate surface area is 101 Å². The van der Waals surface area contributed by atoms with Gasteiger partial charge in [0.05, 0.1) is 0 Å². The topological polar surface area (TPSA) is 80.3 Å². The Kier molecular flexibility index (Phi) is 12.5. The van der Waals surface area contributed by atoms with Gasteiger partial charge in [-0.15, -0.1) is 0 Å². The molecule has 0 radical (unpaired) electrons. The molecule has 0 aromatic heterocycles. The molecule has 0 saturated carbocycles. The van der Waals surface area contributed by atoms with E-state index in [-0.39, 0.29) is 36.7 Å². The summed E-state index contributed by atoms with van der Waals surface area (Å²) < 4.78 is 0. The molecule has 0 rings (SSSR count). The third-order valence-corrected chi connectivity index (χ3v) is 1.76. The summed E-state index contributed by atoms with van der Waals surface area (Å²) in [5.74, 6) is -2.04. The van der Waals surface area contributed by atoms with Crippen molar-refractivity contribution in [3.63, 3.8) is 0 Å². The molecular weight excluding hydrogens is 291 g/mol. The van der Waals surface area contributed by atoms with Gasteiger partial charge in [-0.1, -0.05) is 19.3 Å². The van der Waals surface area contributed by atoms with E-state index in [0.717, 1.165) is 19.3 Å². The van der Waals surface area contributed by atoms with E-state index in [0.29, 0.717) is 12.8 Å². The van der Waals surface area contributed by atoms with Gasteiger partial charge < -0.3 is 19.8 Å². The van der Waals surface area contributed by atoms with Crippen LogP contribution in [0.25, 0.3) is 0 Å². The summed E-state index contributed by atoms with van der Waals surface area (Å²) in [6.07, 6.45) is 3.95. The van der Waals surface area contributed by atoms with E-state index in [1.807, 2.05) is 0 Å². The fourth-order valence-electron chi connectivity index (χ4n) is 1.07. The molecule has 14 heavy (non-hydrogen) atoms. The van der Waals surface area contributed by atoms with Gasteiger partial charge in [0.1, 0.15) is 0 Å². The zero-order chi connectivity index (χ0) is 10.1. The van der Waals surface area contributed by atoms with Crippen LogP contribution in [0.4, 0.5) is 0 Å². The summed E-state index contributed by atoms with van der Waals surface area (Å²) in [7, 11) is 0. The first-order chi connectivity index (χ1) is 6.13. The average molecular weight is 307 g/mol. The molecule has 80 valence electrons. The van der Waals surface area contributed by atoms with Crippen LogP contribution in [-0.4, -0.2) is 35.8 Å². The van der Waals surface area contributed by atoms with Crippen molar-refractivity contribution in [2.45, 2.75) is 44.9 Å². The van der Waals surface area contributed by atoms with Crippen LogP contribution in [0.5, 0.6) is 0 Å². The standard InChI is InChI=1S/C9H16O4.Sn.2H/c10-8(11)6-4-2-1-3-5-7-9(12)13;;;/h1-7H2,(H,10,11)(H,12,13);;;/q;+2;;/p-2. The van der Waals surface area contributed by atoms with E-state index in [9.17, 15) is 19.8 Å². The van der Waals surface area contributed by atoms with Crippen LogP contribution >= 0.6 is 0 Å². The second-order valence-corrected chi connectivity index (χ2v) is 3.01. The summed E-state index contributed by atoms with van der Waals surface area (Å²) >= 11 is 0. The molecule has 4 nitrogen and oxygen atoms in total. The summed E-state index contributed by atoms with van der Waals surface area (Å²) in [5.41, 5.74) is 0. The SMILES string of the molecule is O=C([O-])CCCCCCCC(=O)[O-].[SnH2+2]. The van der Waals surface area contributed by atoms with Crippen molar-refractivity contribution in [2.24, 2.45) is 0 Å². The van der Waals surface area contributed by atoms with E-state index < -0.39 is 11.9 Å². The molecule has 0 spiro atoms. The number of hydrogen-bond donors (Lipinski definition) is 0. The van der Waals surface area contributed by atoms with Gasteiger partial charge in [-0.05, 0) is 25.7 Å². The maximum atomic E-state index is 9.98. The number of carbonyl (C=O) groups is 2. The molecule has 5 heteroatoms. The normalized spacial score (nSPS) is 9.14. The molecule has 0 heterocycles. The Morgan fingerprint density at radius 3 is 1.29 bits per heavy atom. The number of aliphatic carboxylic acids is 2. The number of unbranched alkanes of at least 4 members (excludes halogenated alkanes) is 4. The first kappa shape index (κ1) is 16.2. The molecule has 0 saturated heterocycles. The molecule has 0 unspecified atom stereocenters. The molecule has 0 N–H and O–H groups in total. The molecule has 0 aromatic rings. The van der Waals surface area contributed by atoms with E-state index in [4.69, 9.17) is 0 Å². The van der Waals surface area contributed by atoms with Crippen molar-refractivity contribution >= 4 is 35.8 Å². The van der Waals surface area contributed by atoms with Crippen LogP contribution in [0.1, 0.15) is 44.9 Å². The summed E-state index contributed by atoms with van der Waals surface area (Å²) in [5, 5.41) is 20.0. The monoisotopic (exact) mass is 308 g/mol. The molecule has 0 aliphatic carbocycles. The predicted octanol–water partition coefficient (Wildman–Crippen LogP) is -1.70.